The Morgan fingerprint density at radius 2 is 1.38 bits per heavy atom. The molecular formula is C25H19OSi3. The molecule has 1 nitrogen and oxygen atoms in total. The van der Waals surface area contributed by atoms with Crippen LogP contribution >= 0.6 is 0 Å². The molecule has 0 unspecified atom stereocenters. The summed E-state index contributed by atoms with van der Waals surface area (Å²) in [7, 11) is 1.50. The van der Waals surface area contributed by atoms with Crippen LogP contribution in [0.5, 0.6) is 0 Å². The Bertz CT molecular complexity index is 1370. The summed E-state index contributed by atoms with van der Waals surface area (Å²) in [4.78, 5) is 0. The van der Waals surface area contributed by atoms with Crippen molar-refractivity contribution in [3.8, 4) is 0 Å². The van der Waals surface area contributed by atoms with Gasteiger partial charge in [-0.25, -0.2) is 0 Å². The molecule has 137 valence electrons. The lowest BCUT2D eigenvalue weighted by Gasteiger charge is -2.20. The highest BCUT2D eigenvalue weighted by Crippen LogP contribution is 2.33. The molecule has 0 amide bonds. The first-order valence-electron chi connectivity index (χ1n) is 10.1. The predicted octanol–water partition coefficient (Wildman–Crippen LogP) is 5.64. The minimum Gasteiger partial charge on any atom is -0.422 e. The summed E-state index contributed by atoms with van der Waals surface area (Å²) in [6, 6.07) is 32.2. The van der Waals surface area contributed by atoms with E-state index in [1.54, 1.807) is 0 Å². The first kappa shape index (κ1) is 17.6. The molecule has 1 aliphatic rings. The lowest BCUT2D eigenvalue weighted by Crippen LogP contribution is -2.37. The highest BCUT2D eigenvalue weighted by Gasteiger charge is 2.19. The van der Waals surface area contributed by atoms with Crippen LogP contribution in [0, 0.1) is 0 Å². The number of hydrogen-bond acceptors (Lipinski definition) is 1. The molecule has 0 atom stereocenters. The fourth-order valence-corrected chi connectivity index (χ4v) is 13.0. The maximum absolute atomic E-state index is 5.63. The normalized spacial score (nSPS) is 15.6. The molecule has 1 heterocycles. The Morgan fingerprint density at radius 3 is 2.17 bits per heavy atom. The Balaban J connectivity index is 1.58. The highest BCUT2D eigenvalue weighted by molar-refractivity contribution is 7.34. The molecule has 5 aromatic carbocycles. The second-order valence-electron chi connectivity index (χ2n) is 7.80. The average Bonchev–Trinajstić information content (AvgIpc) is 2.77. The first-order valence-corrected chi connectivity index (χ1v) is 15.9. The fraction of sp³-hybridized carbons (Fsp3) is 0.120. The van der Waals surface area contributed by atoms with E-state index in [2.05, 4.69) is 78.9 Å². The third kappa shape index (κ3) is 3.16. The van der Waals surface area contributed by atoms with Gasteiger partial charge in [-0.3, -0.25) is 0 Å². The van der Waals surface area contributed by atoms with E-state index in [1.807, 2.05) is 0 Å². The van der Waals surface area contributed by atoms with E-state index in [9.17, 15) is 0 Å². The molecule has 4 heteroatoms. The van der Waals surface area contributed by atoms with E-state index in [-0.39, 0.29) is 8.31 Å². The molecule has 29 heavy (non-hydrogen) atoms. The lowest BCUT2D eigenvalue weighted by atomic mass is 9.95. The van der Waals surface area contributed by atoms with Gasteiger partial charge in [-0.15, -0.1) is 0 Å². The van der Waals surface area contributed by atoms with Gasteiger partial charge in [0.2, 0.25) is 9.28 Å². The fourth-order valence-electron chi connectivity index (χ4n) is 4.50. The molecule has 0 aliphatic carbocycles. The predicted molar refractivity (Wildman–Crippen MR) is 128 cm³/mol. The number of fused-ring (bicyclic) bond motifs is 5. The molecule has 5 aromatic rings. The summed E-state index contributed by atoms with van der Waals surface area (Å²) in [6.45, 7) is 0.977. The number of benzene rings is 5. The smallest absolute Gasteiger partial charge is 0.202 e. The second-order valence-corrected chi connectivity index (χ2v) is 16.3. The molecule has 1 fully saturated rings. The molecule has 1 saturated heterocycles. The van der Waals surface area contributed by atoms with Crippen molar-refractivity contribution in [1.82, 2.24) is 0 Å². The second kappa shape index (κ2) is 7.22. The van der Waals surface area contributed by atoms with Crippen molar-refractivity contribution < 1.29 is 4.43 Å². The zero-order chi connectivity index (χ0) is 19.2. The van der Waals surface area contributed by atoms with E-state index in [1.165, 1.54) is 60.7 Å². The monoisotopic (exact) mass is 419 g/mol. The molecule has 0 bridgehead atoms. The van der Waals surface area contributed by atoms with Gasteiger partial charge in [-0.1, -0.05) is 54.6 Å². The van der Waals surface area contributed by atoms with Crippen LogP contribution in [-0.4, -0.2) is 32.8 Å². The molecular weight excluding hydrogens is 401 g/mol. The maximum Gasteiger partial charge on any atom is 0.202 e. The van der Waals surface area contributed by atoms with Gasteiger partial charge in [0.25, 0.3) is 0 Å². The maximum atomic E-state index is 5.63. The standard InChI is InChI=1S/C25H19OSi3/c1-2-5-18-14-24-20(12-17(18)4-1)8-9-21-13-19-6-3-7-22(23(19)15-25(21)24)16-29-11-10-26-27-28-29/h1-9,12-15H,10-11,16H2. The summed E-state index contributed by atoms with van der Waals surface area (Å²) < 4.78 is 5.63. The summed E-state index contributed by atoms with van der Waals surface area (Å²) in [5.74, 6) is 0. The summed E-state index contributed by atoms with van der Waals surface area (Å²) in [5, 5.41) is 10.8. The van der Waals surface area contributed by atoms with Gasteiger partial charge < -0.3 is 4.43 Å². The minimum absolute atomic E-state index is 0.299. The summed E-state index contributed by atoms with van der Waals surface area (Å²) in [5.41, 5.74) is 1.54. The van der Waals surface area contributed by atoms with Crippen molar-refractivity contribution in [2.45, 2.75) is 12.1 Å². The van der Waals surface area contributed by atoms with Crippen LogP contribution < -0.4 is 0 Å². The van der Waals surface area contributed by atoms with Crippen molar-refractivity contribution in [2.75, 3.05) is 6.61 Å². The Kier molecular flexibility index (Phi) is 4.38. The van der Waals surface area contributed by atoms with E-state index in [0.29, 0.717) is 0 Å². The van der Waals surface area contributed by atoms with Crippen molar-refractivity contribution >= 4 is 69.2 Å². The van der Waals surface area contributed by atoms with Gasteiger partial charge in [0.05, 0.1) is 8.55 Å². The largest absolute Gasteiger partial charge is 0.422 e. The van der Waals surface area contributed by atoms with E-state index in [4.69, 9.17) is 4.43 Å². The number of hydrogen-bond donors (Lipinski definition) is 0. The van der Waals surface area contributed by atoms with Crippen LogP contribution in [0.15, 0.2) is 78.9 Å². The molecule has 0 spiro atoms. The van der Waals surface area contributed by atoms with Crippen LogP contribution in [0.4, 0.5) is 0 Å². The summed E-state index contributed by atoms with van der Waals surface area (Å²) in [6.07, 6.45) is 0. The van der Waals surface area contributed by atoms with Gasteiger partial charge in [-0.05, 0) is 85.0 Å². The molecule has 1 aliphatic heterocycles. The lowest BCUT2D eigenvalue weighted by molar-refractivity contribution is 0.366. The average molecular weight is 420 g/mol. The zero-order valence-corrected chi connectivity index (χ0v) is 19.0. The Labute approximate surface area is 176 Å². The van der Waals surface area contributed by atoms with Crippen LogP contribution in [0.25, 0.3) is 43.1 Å². The van der Waals surface area contributed by atoms with Crippen LogP contribution in [0.1, 0.15) is 5.56 Å². The molecule has 0 saturated carbocycles. The van der Waals surface area contributed by atoms with Gasteiger partial charge >= 0.3 is 0 Å². The quantitative estimate of drug-likeness (QED) is 0.204. The topological polar surface area (TPSA) is 9.23 Å². The third-order valence-corrected chi connectivity index (χ3v) is 15.6. The minimum atomic E-state index is -0.299. The summed E-state index contributed by atoms with van der Waals surface area (Å²) >= 11 is 0. The van der Waals surface area contributed by atoms with Gasteiger partial charge in [0.15, 0.2) is 0 Å². The Morgan fingerprint density at radius 1 is 0.690 bits per heavy atom. The van der Waals surface area contributed by atoms with Crippen molar-refractivity contribution in [1.29, 1.82) is 0 Å². The van der Waals surface area contributed by atoms with Crippen molar-refractivity contribution in [2.24, 2.45) is 0 Å². The van der Waals surface area contributed by atoms with Gasteiger partial charge in [0.1, 0.15) is 0 Å². The first-order chi connectivity index (χ1) is 14.3. The molecule has 6 rings (SSSR count). The van der Waals surface area contributed by atoms with Gasteiger partial charge in [-0.2, -0.15) is 0 Å². The Hall–Kier alpha value is -2.25. The molecule has 0 N–H and O–H groups in total. The number of rotatable bonds is 2. The van der Waals surface area contributed by atoms with E-state index < -0.39 is 0 Å². The highest BCUT2D eigenvalue weighted by atomic mass is 29.5. The third-order valence-electron chi connectivity index (χ3n) is 6.00. The van der Waals surface area contributed by atoms with Gasteiger partial charge in [0, 0.05) is 14.9 Å². The molecule has 0 aromatic heterocycles. The van der Waals surface area contributed by atoms with Crippen LogP contribution in [-0.2, 0) is 10.5 Å². The van der Waals surface area contributed by atoms with Crippen molar-refractivity contribution in [3.63, 3.8) is 0 Å². The SMILES string of the molecule is c1ccc2cc3c(ccc4cc5cccc(C[Si]6CCO[Si][Si]6)c5cc43)cc2c1. The van der Waals surface area contributed by atoms with E-state index >= 15 is 0 Å². The van der Waals surface area contributed by atoms with Crippen LogP contribution in [0.2, 0.25) is 6.04 Å². The van der Waals surface area contributed by atoms with E-state index in [0.717, 1.165) is 24.4 Å². The van der Waals surface area contributed by atoms with Crippen molar-refractivity contribution in [3.05, 3.63) is 84.4 Å². The van der Waals surface area contributed by atoms with Crippen LogP contribution in [0.3, 0.4) is 0 Å². The molecule has 5 radical (unpaired) electrons. The zero-order valence-electron chi connectivity index (χ0n) is 16.0.